The molecule has 2 aromatic carbocycles. The summed E-state index contributed by atoms with van der Waals surface area (Å²) < 4.78 is 45.9. The van der Waals surface area contributed by atoms with Crippen LogP contribution in [0.25, 0.3) is 33.1 Å². The monoisotopic (exact) mass is 2030 g/mol. The number of hydrogen-bond donors (Lipinski definition) is 11. The molecule has 6 aromatic heterocycles. The molecule has 16 rings (SSSR count). The number of amides is 2. The van der Waals surface area contributed by atoms with Crippen molar-refractivity contribution in [3.63, 3.8) is 0 Å². The van der Waals surface area contributed by atoms with Crippen molar-refractivity contribution in [1.82, 2.24) is 76.2 Å². The van der Waals surface area contributed by atoms with Crippen molar-refractivity contribution in [3.05, 3.63) is 112 Å². The second-order valence-electron chi connectivity index (χ2n) is 37.2. The number of fused-ring (bicyclic) bond motifs is 2. The molecule has 4 spiro atoms. The highest BCUT2D eigenvalue weighted by molar-refractivity contribution is 9.11. The van der Waals surface area contributed by atoms with E-state index in [1.807, 2.05) is 108 Å². The van der Waals surface area contributed by atoms with Crippen molar-refractivity contribution < 1.29 is 77.3 Å². The number of aliphatic hydroxyl groups is 2. The van der Waals surface area contributed by atoms with E-state index in [0.717, 1.165) is 158 Å². The van der Waals surface area contributed by atoms with E-state index in [4.69, 9.17) is 81.0 Å². The van der Waals surface area contributed by atoms with Gasteiger partial charge in [0.1, 0.15) is 36.4 Å². The molecule has 0 unspecified atom stereocenters. The number of aliphatic hydroxyl groups excluding tert-OH is 2. The van der Waals surface area contributed by atoms with Crippen LogP contribution in [-0.2, 0) is 51.1 Å². The van der Waals surface area contributed by atoms with Crippen LogP contribution in [0.1, 0.15) is 201 Å². The number of benzene rings is 2. The predicted octanol–water partition coefficient (Wildman–Crippen LogP) is 11.1. The van der Waals surface area contributed by atoms with Gasteiger partial charge in [0.05, 0.1) is 129 Å². The summed E-state index contributed by atoms with van der Waals surface area (Å²) in [5.41, 5.74) is 21.7. The molecule has 36 nitrogen and oxygen atoms in total. The first-order valence-electron chi connectivity index (χ1n) is 44.8. The van der Waals surface area contributed by atoms with Crippen LogP contribution in [0, 0.1) is 63.2 Å². The summed E-state index contributed by atoms with van der Waals surface area (Å²) in [7, 11) is -1.43. The minimum Gasteiger partial charge on any atom is -0.461 e. The molecule has 14 heterocycles. The number of rotatable bonds is 13. The number of aromatic amines is 2. The first-order valence-corrected chi connectivity index (χ1v) is 47.5. The molecule has 0 aliphatic carbocycles. The first-order chi connectivity index (χ1) is 61.9. The van der Waals surface area contributed by atoms with E-state index < -0.39 is 42.4 Å². The summed E-state index contributed by atoms with van der Waals surface area (Å²) in [6, 6.07) is 11.3. The van der Waals surface area contributed by atoms with Gasteiger partial charge in [0.25, 0.3) is 0 Å². The zero-order chi connectivity index (χ0) is 95.6. The lowest BCUT2D eigenvalue weighted by atomic mass is 9.73. The largest absolute Gasteiger partial charge is 0.488 e. The fraction of sp³-hybridized carbons (Fsp3) is 0.622. The molecule has 131 heavy (non-hydrogen) atoms. The zero-order valence-corrected chi connectivity index (χ0v) is 83.8. The SMILES string of the molecule is CCOC(=O)c1nc(Br)c(C)nc1Cl.CCOC(=O)c1nc(Br)c(C)nc1N1CCC2(CC1)CO[C@@H](C)[C@H]2NC(=O)OC(C)(C)C.C[C@@H]1OCC2(CCNCC2)[C@@H]1N.Cc1[nH]nc2cc(B(O)O)ccc12.Cc1nc(N2CCC3(CC2)CO[C@@H](C)[C@H]3N)c(CO)nc1-c1ccc2c(C)[nH]nc2c1.Cc1nc(N2CCC3(CC2)CO[C@@H](C)[C@H]3NC(=O)OC(C)(C)C)c(CO)nc1Br. The molecule has 0 radical (unpaired) electrons. The number of aromatic nitrogens is 12. The maximum absolute atomic E-state index is 12.5. The van der Waals surface area contributed by atoms with Gasteiger partial charge in [-0.25, -0.2) is 59.0 Å². The molecular weight excluding hydrogens is 1900 g/mol. The van der Waals surface area contributed by atoms with E-state index in [1.54, 1.807) is 32.9 Å². The smallest absolute Gasteiger partial charge is 0.461 e. The van der Waals surface area contributed by atoms with E-state index in [1.165, 1.54) is 12.8 Å². The van der Waals surface area contributed by atoms with Gasteiger partial charge in [0.2, 0.25) is 0 Å². The van der Waals surface area contributed by atoms with Crippen molar-refractivity contribution in [1.29, 1.82) is 0 Å². The minimum atomic E-state index is -1.43. The van der Waals surface area contributed by atoms with E-state index in [9.17, 15) is 29.4 Å². The molecule has 8 aliphatic rings. The van der Waals surface area contributed by atoms with Crippen molar-refractivity contribution in [2.75, 3.05) is 107 Å². The number of esters is 2. The topological polar surface area (TPSA) is 481 Å². The molecule has 8 saturated heterocycles. The molecular formula is C90H129BBr3ClN20O16. The Morgan fingerprint density at radius 2 is 0.901 bits per heavy atom. The van der Waals surface area contributed by atoms with Crippen molar-refractivity contribution in [3.8, 4) is 11.3 Å². The average molecular weight is 2030 g/mol. The Kier molecular flexibility index (Phi) is 34.9. The highest BCUT2D eigenvalue weighted by Gasteiger charge is 2.54. The molecule has 8 fully saturated rings. The number of hydrogen-bond acceptors (Lipinski definition) is 32. The summed E-state index contributed by atoms with van der Waals surface area (Å²) in [6.45, 7) is 43.8. The third-order valence-electron chi connectivity index (χ3n) is 25.8. The number of carbonyl (C=O) groups is 4. The predicted molar refractivity (Wildman–Crippen MR) is 510 cm³/mol. The number of aryl methyl sites for hydroxylation is 6. The van der Waals surface area contributed by atoms with Gasteiger partial charge in [-0.15, -0.1) is 0 Å². The third-order valence-corrected chi connectivity index (χ3v) is 28.3. The lowest BCUT2D eigenvalue weighted by molar-refractivity contribution is 0.0424. The Morgan fingerprint density at radius 3 is 1.34 bits per heavy atom. The van der Waals surface area contributed by atoms with Crippen LogP contribution < -0.4 is 47.6 Å². The van der Waals surface area contributed by atoms with Crippen molar-refractivity contribution in [2.24, 2.45) is 33.1 Å². The van der Waals surface area contributed by atoms with Crippen LogP contribution in [0.4, 0.5) is 27.0 Å². The number of nitrogens with two attached hydrogens (primary N) is 2. The van der Waals surface area contributed by atoms with E-state index in [2.05, 4.69) is 149 Å². The second-order valence-corrected chi connectivity index (χ2v) is 39.8. The molecule has 8 aromatic rings. The molecule has 13 N–H and O–H groups in total. The van der Waals surface area contributed by atoms with E-state index in [0.29, 0.717) is 79.6 Å². The highest BCUT2D eigenvalue weighted by Crippen LogP contribution is 2.47. The molecule has 8 aliphatic heterocycles. The van der Waals surface area contributed by atoms with Gasteiger partial charge in [0.15, 0.2) is 34.0 Å². The van der Waals surface area contributed by atoms with Crippen molar-refractivity contribution >= 4 is 135 Å². The summed E-state index contributed by atoms with van der Waals surface area (Å²) in [5.74, 6) is 0.981. The number of piperidine rings is 4. The molecule has 0 saturated carbocycles. The lowest BCUT2D eigenvalue weighted by Crippen LogP contribution is -2.55. The minimum absolute atomic E-state index is 0.0333. The number of anilines is 3. The fourth-order valence-corrected chi connectivity index (χ4v) is 19.2. The summed E-state index contributed by atoms with van der Waals surface area (Å²) >= 11 is 15.6. The molecule has 8 atom stereocenters. The van der Waals surface area contributed by atoms with Crippen LogP contribution in [0.5, 0.6) is 0 Å². The summed E-state index contributed by atoms with van der Waals surface area (Å²) in [5, 5.41) is 63.5. The number of nitrogens with zero attached hydrogens (tertiary/aromatic N) is 13. The van der Waals surface area contributed by atoms with Gasteiger partial charge < -0.3 is 100 Å². The van der Waals surface area contributed by atoms with Gasteiger partial charge in [0, 0.05) is 101 Å². The van der Waals surface area contributed by atoms with Crippen LogP contribution in [-0.4, -0.2) is 264 Å². The zero-order valence-electron chi connectivity index (χ0n) is 78.3. The average Bonchev–Trinajstić information content (AvgIpc) is 1.11. The first kappa shape index (κ1) is 103. The van der Waals surface area contributed by atoms with Crippen LogP contribution in [0.3, 0.4) is 0 Å². The maximum atomic E-state index is 12.5. The standard InChI is InChI=1S/C23H30N6O2.C22H33BrN4O5.C20H31BrN4O4.C9H18N2O.C8H9BN2O2.C8H8BrClN2O2/c1-13-17-5-4-16(10-18(17)28-27-13)20-14(2)25-22(19(11-30)26-20)29-8-6-23(7-9-29)12-31-15(3)21(23)24;1-7-30-19(28)15-18(24-13(2)17(23)25-15)27-10-8-22(9-11-27)12-31-14(3)16(22)26-20(29)32-21(4,5)6;1-12-16(21)23-14(10-26)17(22-12)25-8-6-20(7-9-25)11-28-13(2)15(20)24-18(27)29-19(3,4)5;1-7-8(10)9(6-12-7)2-4-11-5-3-9;1-5-7-3-2-6(9(12)13)4-8(7)11-10-5;1-3-14-8(13)5-7(10)11-4(2)6(9)12-5/h4-5,10,15,21,30H,6-9,11-12,24H2,1-3H3,(H,27,28);14,16H,7-12H2,1-6H3,(H,26,29);13,15,26H,6-11H2,1-5H3,(H,24,27);7-8,11H,2-6,10H2,1H3;2-4,12-13H,1H3,(H,10,11);3H2,1-2H3/t15-,21+;14-,16+;13-,15+;7-,8+;;/m0000../s1. The number of nitrogens with one attached hydrogen (secondary N) is 5. The van der Waals surface area contributed by atoms with Crippen molar-refractivity contribution in [2.45, 2.75) is 249 Å². The highest BCUT2D eigenvalue weighted by atomic mass is 79.9. The normalized spacial score (nSPS) is 22.2. The van der Waals surface area contributed by atoms with Crippen LogP contribution >= 0.6 is 59.4 Å². The number of carbonyl (C=O) groups excluding carboxylic acids is 4. The van der Waals surface area contributed by atoms with Gasteiger partial charge in [-0.3, -0.25) is 10.2 Å². The second kappa shape index (κ2) is 44.2. The summed E-state index contributed by atoms with van der Waals surface area (Å²) in [4.78, 5) is 90.8. The van der Waals surface area contributed by atoms with Gasteiger partial charge >= 0.3 is 31.2 Å². The number of H-pyrrole nitrogens is 2. The van der Waals surface area contributed by atoms with Gasteiger partial charge in [-0.1, -0.05) is 35.9 Å². The van der Waals surface area contributed by atoms with E-state index >= 15 is 0 Å². The van der Waals surface area contributed by atoms with Gasteiger partial charge in [-0.05, 0) is 254 Å². The van der Waals surface area contributed by atoms with E-state index in [-0.39, 0.29) is 108 Å². The molecule has 0 bridgehead atoms. The Hall–Kier alpha value is -8.07. The summed E-state index contributed by atoms with van der Waals surface area (Å²) in [6.07, 6.45) is 6.86. The van der Waals surface area contributed by atoms with Crippen LogP contribution in [0.15, 0.2) is 50.2 Å². The van der Waals surface area contributed by atoms with Gasteiger partial charge in [-0.2, -0.15) is 10.2 Å². The lowest BCUT2D eigenvalue weighted by Gasteiger charge is -2.43. The number of ether oxygens (including phenoxy) is 8. The molecule has 2 amide bonds. The Bertz CT molecular complexity index is 5280. The number of alkyl carbamates (subject to hydrolysis) is 2. The Balaban J connectivity index is 0.000000158. The maximum Gasteiger partial charge on any atom is 0.488 e. The Labute approximate surface area is 796 Å². The molecule has 41 heteroatoms. The van der Waals surface area contributed by atoms with Crippen LogP contribution in [0.2, 0.25) is 5.15 Å². The third kappa shape index (κ3) is 24.8. The Morgan fingerprint density at radius 1 is 0.519 bits per heavy atom. The quantitative estimate of drug-likeness (QED) is 0.0290. The number of halogens is 4. The fourth-order valence-electron chi connectivity index (χ4n) is 18.2. The molecule has 716 valence electrons.